The van der Waals surface area contributed by atoms with Crippen LogP contribution in [0.3, 0.4) is 0 Å². The highest BCUT2D eigenvalue weighted by Crippen LogP contribution is 2.14. The molecule has 0 saturated carbocycles. The molecule has 1 aliphatic rings. The van der Waals surface area contributed by atoms with E-state index in [4.69, 9.17) is 4.84 Å². The Balaban J connectivity index is 2.21. The minimum Gasteiger partial charge on any atom is -0.306 e. The summed E-state index contributed by atoms with van der Waals surface area (Å²) < 4.78 is 0. The van der Waals surface area contributed by atoms with Gasteiger partial charge < -0.3 is 5.32 Å². The highest BCUT2D eigenvalue weighted by atomic mass is 16.7. The zero-order valence-corrected chi connectivity index (χ0v) is 9.17. The van der Waals surface area contributed by atoms with Crippen LogP contribution in [0.2, 0.25) is 0 Å². The molecule has 0 bridgehead atoms. The second-order valence-electron chi connectivity index (χ2n) is 4.37. The van der Waals surface area contributed by atoms with Crippen LogP contribution in [0.4, 0.5) is 0 Å². The van der Waals surface area contributed by atoms with Crippen molar-refractivity contribution >= 4 is 5.91 Å². The predicted octanol–water partition coefficient (Wildman–Crippen LogP) is 0.688. The molecule has 82 valence electrons. The second-order valence-corrected chi connectivity index (χ2v) is 4.37. The minimum atomic E-state index is -0.0813. The molecule has 2 N–H and O–H groups in total. The Morgan fingerprint density at radius 2 is 2.36 bits per heavy atom. The average molecular weight is 200 g/mol. The van der Waals surface area contributed by atoms with E-state index in [0.717, 1.165) is 13.0 Å². The highest BCUT2D eigenvalue weighted by Gasteiger charge is 2.29. The van der Waals surface area contributed by atoms with Crippen molar-refractivity contribution in [1.82, 2.24) is 10.8 Å². The molecule has 1 fully saturated rings. The maximum Gasteiger partial charge on any atom is 0.260 e. The van der Waals surface area contributed by atoms with E-state index >= 15 is 0 Å². The first-order chi connectivity index (χ1) is 6.61. The summed E-state index contributed by atoms with van der Waals surface area (Å²) in [5.74, 6) is 0.789. The van der Waals surface area contributed by atoms with Crippen molar-refractivity contribution in [2.75, 3.05) is 13.2 Å². The Morgan fingerprint density at radius 3 is 2.86 bits per heavy atom. The van der Waals surface area contributed by atoms with E-state index < -0.39 is 0 Å². The van der Waals surface area contributed by atoms with Gasteiger partial charge in [-0.25, -0.2) is 5.48 Å². The van der Waals surface area contributed by atoms with Gasteiger partial charge in [-0.3, -0.25) is 9.63 Å². The second kappa shape index (κ2) is 5.32. The summed E-state index contributed by atoms with van der Waals surface area (Å²) in [7, 11) is 0. The monoisotopic (exact) mass is 200 g/mol. The Bertz CT molecular complexity index is 195. The van der Waals surface area contributed by atoms with E-state index in [1.807, 2.05) is 13.8 Å². The van der Waals surface area contributed by atoms with Gasteiger partial charge >= 0.3 is 0 Å². The Labute approximate surface area is 85.3 Å². The van der Waals surface area contributed by atoms with Crippen LogP contribution in [0, 0.1) is 11.8 Å². The van der Waals surface area contributed by atoms with Crippen LogP contribution in [0.5, 0.6) is 0 Å². The molecule has 0 spiro atoms. The first kappa shape index (κ1) is 11.5. The van der Waals surface area contributed by atoms with Gasteiger partial charge in [0.05, 0.1) is 12.6 Å². The molecule has 0 aliphatic carbocycles. The molecule has 2 unspecified atom stereocenters. The third-order valence-electron chi connectivity index (χ3n) is 2.40. The lowest BCUT2D eigenvalue weighted by molar-refractivity contribution is -0.137. The highest BCUT2D eigenvalue weighted by molar-refractivity contribution is 5.81. The van der Waals surface area contributed by atoms with Crippen LogP contribution >= 0.6 is 0 Å². The first-order valence-corrected chi connectivity index (χ1v) is 5.26. The lowest BCUT2D eigenvalue weighted by Crippen LogP contribution is -2.43. The van der Waals surface area contributed by atoms with Crippen molar-refractivity contribution in [3.63, 3.8) is 0 Å². The molecule has 0 radical (unpaired) electrons. The number of hydroxylamine groups is 1. The molecular formula is C10H20N2O2. The third-order valence-corrected chi connectivity index (χ3v) is 2.40. The molecule has 1 aliphatic heterocycles. The van der Waals surface area contributed by atoms with Gasteiger partial charge in [-0.05, 0) is 24.8 Å². The Hall–Kier alpha value is -0.610. The molecule has 1 heterocycles. The summed E-state index contributed by atoms with van der Waals surface area (Å²) in [6, 6.07) is -0.0813. The third kappa shape index (κ3) is 3.27. The van der Waals surface area contributed by atoms with E-state index in [1.54, 1.807) is 0 Å². The van der Waals surface area contributed by atoms with Crippen molar-refractivity contribution in [2.45, 2.75) is 33.2 Å². The smallest absolute Gasteiger partial charge is 0.260 e. The van der Waals surface area contributed by atoms with Gasteiger partial charge in [-0.15, -0.1) is 0 Å². The Kier molecular flexibility index (Phi) is 4.35. The van der Waals surface area contributed by atoms with E-state index in [-0.39, 0.29) is 11.9 Å². The lowest BCUT2D eigenvalue weighted by Gasteiger charge is -2.15. The van der Waals surface area contributed by atoms with Gasteiger partial charge in [-0.2, -0.15) is 0 Å². The summed E-state index contributed by atoms with van der Waals surface area (Å²) in [5.41, 5.74) is 2.48. The molecule has 1 amide bonds. The summed E-state index contributed by atoms with van der Waals surface area (Å²) in [6.07, 6.45) is 1.06. The van der Waals surface area contributed by atoms with Crippen LogP contribution in [-0.4, -0.2) is 25.1 Å². The number of amides is 1. The molecule has 1 rings (SSSR count). The summed E-state index contributed by atoms with van der Waals surface area (Å²) in [5, 5.41) is 3.15. The summed E-state index contributed by atoms with van der Waals surface area (Å²) in [4.78, 5) is 16.6. The number of carbonyl (C=O) groups is 1. The quantitative estimate of drug-likeness (QED) is 0.656. The van der Waals surface area contributed by atoms with Crippen molar-refractivity contribution in [1.29, 1.82) is 0 Å². The molecule has 0 aromatic rings. The van der Waals surface area contributed by atoms with Crippen molar-refractivity contribution in [3.8, 4) is 0 Å². The number of hydrogen-bond acceptors (Lipinski definition) is 3. The zero-order valence-electron chi connectivity index (χ0n) is 9.17. The van der Waals surface area contributed by atoms with Gasteiger partial charge in [0.2, 0.25) is 0 Å². The van der Waals surface area contributed by atoms with Crippen LogP contribution in [0.1, 0.15) is 27.2 Å². The van der Waals surface area contributed by atoms with Crippen LogP contribution in [-0.2, 0) is 9.63 Å². The molecule has 0 aromatic heterocycles. The molecule has 2 atom stereocenters. The first-order valence-electron chi connectivity index (χ1n) is 5.26. The van der Waals surface area contributed by atoms with Crippen molar-refractivity contribution in [3.05, 3.63) is 0 Å². The number of carbonyl (C=O) groups excluding carboxylic acids is 1. The fourth-order valence-electron chi connectivity index (χ4n) is 1.53. The fourth-order valence-corrected chi connectivity index (χ4v) is 1.53. The number of hydrogen-bond donors (Lipinski definition) is 2. The largest absolute Gasteiger partial charge is 0.306 e. The van der Waals surface area contributed by atoms with Gasteiger partial charge in [0.15, 0.2) is 0 Å². The molecule has 4 heteroatoms. The Morgan fingerprint density at radius 1 is 1.64 bits per heavy atom. The number of rotatable bonds is 4. The van der Waals surface area contributed by atoms with E-state index in [0.29, 0.717) is 18.4 Å². The maximum absolute atomic E-state index is 11.5. The minimum absolute atomic E-state index is 0.0457. The zero-order chi connectivity index (χ0) is 10.6. The lowest BCUT2D eigenvalue weighted by atomic mass is 10.0. The van der Waals surface area contributed by atoms with Gasteiger partial charge in [0.1, 0.15) is 0 Å². The fraction of sp³-hybridized carbons (Fsp3) is 0.900. The molecule has 4 nitrogen and oxygen atoms in total. The summed E-state index contributed by atoms with van der Waals surface area (Å²) >= 11 is 0. The molecule has 14 heavy (non-hydrogen) atoms. The predicted molar refractivity (Wildman–Crippen MR) is 54.5 cm³/mol. The standard InChI is InChI=1S/C10H20N2O2/c1-7(2)6-14-12-10(13)9-8(3)4-5-11-9/h7-9,11H,4-6H2,1-3H3,(H,12,13). The maximum atomic E-state index is 11.5. The normalized spacial score (nSPS) is 26.9. The van der Waals surface area contributed by atoms with Gasteiger partial charge in [0.25, 0.3) is 5.91 Å². The van der Waals surface area contributed by atoms with Crippen LogP contribution in [0.25, 0.3) is 0 Å². The van der Waals surface area contributed by atoms with Crippen molar-refractivity contribution in [2.24, 2.45) is 11.8 Å². The average Bonchev–Trinajstić information content (AvgIpc) is 2.50. The molecular weight excluding hydrogens is 180 g/mol. The topological polar surface area (TPSA) is 50.4 Å². The van der Waals surface area contributed by atoms with E-state index in [9.17, 15) is 4.79 Å². The van der Waals surface area contributed by atoms with Gasteiger partial charge in [-0.1, -0.05) is 20.8 Å². The SMILES string of the molecule is CC(C)CONC(=O)C1NCCC1C. The van der Waals surface area contributed by atoms with Crippen LogP contribution < -0.4 is 10.8 Å². The molecule has 0 aromatic carbocycles. The summed E-state index contributed by atoms with van der Waals surface area (Å²) in [6.45, 7) is 7.65. The van der Waals surface area contributed by atoms with Gasteiger partial charge in [0, 0.05) is 0 Å². The molecule has 1 saturated heterocycles. The van der Waals surface area contributed by atoms with E-state index in [1.165, 1.54) is 0 Å². The van der Waals surface area contributed by atoms with E-state index in [2.05, 4.69) is 17.7 Å². The van der Waals surface area contributed by atoms with Crippen molar-refractivity contribution < 1.29 is 9.63 Å². The number of nitrogens with one attached hydrogen (secondary N) is 2. The van der Waals surface area contributed by atoms with Crippen LogP contribution in [0.15, 0.2) is 0 Å².